The third-order valence-electron chi connectivity index (χ3n) is 0.464. The van der Waals surface area contributed by atoms with Gasteiger partial charge in [0.2, 0.25) is 0 Å². The summed E-state index contributed by atoms with van der Waals surface area (Å²) in [5, 5.41) is 7.42. The van der Waals surface area contributed by atoms with Crippen LogP contribution >= 0.6 is 0 Å². The second-order valence-electron chi connectivity index (χ2n) is 1.54. The minimum absolute atomic E-state index is 0.940. The van der Waals surface area contributed by atoms with E-state index >= 15 is 0 Å². The number of nitrogens with two attached hydrogens (primary N) is 1. The van der Waals surface area contributed by atoms with Crippen molar-refractivity contribution in [2.75, 3.05) is 0 Å². The van der Waals surface area contributed by atoms with Crippen LogP contribution in [-0.4, -0.2) is 11.2 Å². The van der Waals surface area contributed by atoms with E-state index in [0.717, 1.165) is 0 Å². The first-order valence-corrected chi connectivity index (χ1v) is 2.47. The molecule has 1 aliphatic rings. The molecule has 0 bridgehead atoms. The van der Waals surface area contributed by atoms with Gasteiger partial charge in [-0.1, -0.05) is 19.3 Å². The highest BCUT2D eigenvalue weighted by molar-refractivity contribution is 5.69. The number of hydrogen-bond donors (Lipinski definition) is 3. The fourth-order valence-electron chi connectivity index (χ4n) is 0. The topological polar surface area (TPSA) is 75.4 Å². The molecule has 4 heteroatoms. The van der Waals surface area contributed by atoms with E-state index in [2.05, 4.69) is 5.73 Å². The molecule has 0 heterocycles. The smallest absolute Gasteiger partial charge is 0.335 e. The number of carbonyl (C=O) groups excluding carboxylic acids is 1. The van der Waals surface area contributed by atoms with E-state index in [9.17, 15) is 4.79 Å². The summed E-state index contributed by atoms with van der Waals surface area (Å²) in [5.74, 6) is 0. The molecule has 1 fully saturated rings. The average Bonchev–Trinajstić information content (AvgIpc) is 2.48. The fourth-order valence-corrected chi connectivity index (χ4v) is 0. The highest BCUT2D eigenvalue weighted by atomic mass is 16.5. The van der Waals surface area contributed by atoms with Crippen LogP contribution in [0.3, 0.4) is 0 Å². The van der Waals surface area contributed by atoms with E-state index in [4.69, 9.17) is 5.21 Å². The van der Waals surface area contributed by atoms with Gasteiger partial charge in [-0.15, -0.1) is 0 Å². The van der Waals surface area contributed by atoms with Crippen LogP contribution in [0.5, 0.6) is 0 Å². The average molecular weight is 118 g/mol. The number of primary amides is 1. The van der Waals surface area contributed by atoms with Gasteiger partial charge in [0.05, 0.1) is 0 Å². The molecule has 2 amide bonds. The summed E-state index contributed by atoms with van der Waals surface area (Å²) < 4.78 is 0. The quantitative estimate of drug-likeness (QED) is 0.314. The number of nitrogens with one attached hydrogen (secondary N) is 1. The third-order valence-corrected chi connectivity index (χ3v) is 0.464. The lowest BCUT2D eigenvalue weighted by Crippen LogP contribution is -2.25. The molecule has 48 valence electrons. The van der Waals surface area contributed by atoms with Gasteiger partial charge in [-0.05, 0) is 0 Å². The Hall–Kier alpha value is -0.770. The van der Waals surface area contributed by atoms with Crippen LogP contribution in [0, 0.1) is 0 Å². The van der Waals surface area contributed by atoms with Gasteiger partial charge in [0.15, 0.2) is 0 Å². The molecule has 0 saturated heterocycles. The van der Waals surface area contributed by atoms with Gasteiger partial charge in [-0.3, -0.25) is 5.21 Å². The number of hydroxylamine groups is 1. The monoisotopic (exact) mass is 118 g/mol. The lowest BCUT2D eigenvalue weighted by molar-refractivity contribution is 0.169. The summed E-state index contributed by atoms with van der Waals surface area (Å²) in [5.41, 5.74) is 5.46. The molecule has 0 radical (unpaired) electrons. The first kappa shape index (κ1) is 7.23. The summed E-state index contributed by atoms with van der Waals surface area (Å²) in [6, 6.07) is -0.940. The number of amides is 2. The van der Waals surface area contributed by atoms with Crippen LogP contribution < -0.4 is 11.2 Å². The summed E-state index contributed by atoms with van der Waals surface area (Å²) in [7, 11) is 0. The first-order chi connectivity index (χ1) is 3.77. The lowest BCUT2D eigenvalue weighted by atomic mass is 11.0. The maximum absolute atomic E-state index is 9.23. The molecular formula is C4H10N2O2. The Kier molecular flexibility index (Phi) is 3.97. The van der Waals surface area contributed by atoms with Crippen molar-refractivity contribution in [3.05, 3.63) is 0 Å². The number of hydrogen-bond acceptors (Lipinski definition) is 2. The van der Waals surface area contributed by atoms with E-state index in [1.807, 2.05) is 0 Å². The zero-order chi connectivity index (χ0) is 6.41. The Morgan fingerprint density at radius 1 is 1.50 bits per heavy atom. The highest BCUT2D eigenvalue weighted by Gasteiger charge is 1.95. The standard InChI is InChI=1S/C3H6.CH4N2O2/c1-2-3-1;2-1(4)3-5/h1-3H2;5H,(H3,2,3,4). The molecule has 4 nitrogen and oxygen atoms in total. The van der Waals surface area contributed by atoms with Crippen LogP contribution in [-0.2, 0) is 0 Å². The van der Waals surface area contributed by atoms with Crippen LogP contribution in [0.15, 0.2) is 0 Å². The molecule has 0 unspecified atom stereocenters. The number of carbonyl (C=O) groups is 1. The molecule has 0 aromatic carbocycles. The molecule has 0 aromatic rings. The van der Waals surface area contributed by atoms with Gasteiger partial charge in [-0.25, -0.2) is 10.3 Å². The van der Waals surface area contributed by atoms with Crippen molar-refractivity contribution in [2.45, 2.75) is 19.3 Å². The molecule has 0 atom stereocenters. The minimum atomic E-state index is -0.940. The number of rotatable bonds is 0. The van der Waals surface area contributed by atoms with Crippen molar-refractivity contribution in [3.8, 4) is 0 Å². The molecule has 1 saturated carbocycles. The van der Waals surface area contributed by atoms with Crippen LogP contribution in [0.1, 0.15) is 19.3 Å². The van der Waals surface area contributed by atoms with Gasteiger partial charge < -0.3 is 5.73 Å². The predicted molar refractivity (Wildman–Crippen MR) is 28.4 cm³/mol. The van der Waals surface area contributed by atoms with Crippen molar-refractivity contribution < 1.29 is 10.0 Å². The molecule has 0 aromatic heterocycles. The van der Waals surface area contributed by atoms with Gasteiger partial charge in [-0.2, -0.15) is 0 Å². The van der Waals surface area contributed by atoms with E-state index in [-0.39, 0.29) is 0 Å². The van der Waals surface area contributed by atoms with Gasteiger partial charge in [0.1, 0.15) is 0 Å². The van der Waals surface area contributed by atoms with Crippen molar-refractivity contribution in [1.82, 2.24) is 5.48 Å². The molecule has 8 heavy (non-hydrogen) atoms. The second-order valence-corrected chi connectivity index (χ2v) is 1.54. The predicted octanol–water partition coefficient (Wildman–Crippen LogP) is 0.214. The lowest BCUT2D eigenvalue weighted by Gasteiger charge is -1.79. The summed E-state index contributed by atoms with van der Waals surface area (Å²) >= 11 is 0. The largest absolute Gasteiger partial charge is 0.350 e. The summed E-state index contributed by atoms with van der Waals surface area (Å²) in [6.07, 6.45) is 4.50. The van der Waals surface area contributed by atoms with Crippen molar-refractivity contribution in [3.63, 3.8) is 0 Å². The van der Waals surface area contributed by atoms with E-state index < -0.39 is 6.03 Å². The zero-order valence-corrected chi connectivity index (χ0v) is 4.55. The van der Waals surface area contributed by atoms with E-state index in [1.54, 1.807) is 0 Å². The molecular weight excluding hydrogens is 108 g/mol. The van der Waals surface area contributed by atoms with Gasteiger partial charge in [0.25, 0.3) is 0 Å². The highest BCUT2D eigenvalue weighted by Crippen LogP contribution is 2.14. The molecule has 0 spiro atoms. The fraction of sp³-hybridized carbons (Fsp3) is 0.750. The zero-order valence-electron chi connectivity index (χ0n) is 4.55. The Balaban J connectivity index is 0.000000135. The maximum atomic E-state index is 9.23. The Morgan fingerprint density at radius 3 is 1.75 bits per heavy atom. The van der Waals surface area contributed by atoms with Gasteiger partial charge in [0, 0.05) is 0 Å². The molecule has 4 N–H and O–H groups in total. The van der Waals surface area contributed by atoms with E-state index in [0.29, 0.717) is 0 Å². The SMILES string of the molecule is C1CC1.NC(=O)NO. The normalized spacial score (nSPS) is 13.1. The van der Waals surface area contributed by atoms with E-state index in [1.165, 1.54) is 24.7 Å². The van der Waals surface area contributed by atoms with Crippen LogP contribution in [0.4, 0.5) is 4.79 Å². The maximum Gasteiger partial charge on any atom is 0.335 e. The number of urea groups is 1. The Bertz CT molecular complexity index is 69.7. The van der Waals surface area contributed by atoms with Gasteiger partial charge >= 0.3 is 6.03 Å². The Morgan fingerprint density at radius 2 is 1.75 bits per heavy atom. The molecule has 1 rings (SSSR count). The van der Waals surface area contributed by atoms with Crippen molar-refractivity contribution in [2.24, 2.45) is 5.73 Å². The van der Waals surface area contributed by atoms with Crippen LogP contribution in [0.2, 0.25) is 0 Å². The summed E-state index contributed by atoms with van der Waals surface area (Å²) in [6.45, 7) is 0. The minimum Gasteiger partial charge on any atom is -0.350 e. The third kappa shape index (κ3) is 18.8. The second kappa shape index (κ2) is 4.39. The summed E-state index contributed by atoms with van der Waals surface area (Å²) in [4.78, 5) is 9.23. The first-order valence-electron chi connectivity index (χ1n) is 2.47. The van der Waals surface area contributed by atoms with Crippen molar-refractivity contribution in [1.29, 1.82) is 0 Å². The van der Waals surface area contributed by atoms with Crippen molar-refractivity contribution >= 4 is 6.03 Å². The molecule has 0 aliphatic heterocycles. The molecule has 1 aliphatic carbocycles. The Labute approximate surface area is 47.6 Å². The van der Waals surface area contributed by atoms with Crippen LogP contribution in [0.25, 0.3) is 0 Å².